The maximum Gasteiger partial charge on any atom is 0.00156 e. The molecule has 0 heterocycles. The monoisotopic (exact) mass is 209 g/mol. The van der Waals surface area contributed by atoms with Crippen LogP contribution < -0.4 is 0 Å². The average Bonchev–Trinajstić information content (AvgIpc) is 2.16. The molecule has 15 heavy (non-hydrogen) atoms. The van der Waals surface area contributed by atoms with Crippen molar-refractivity contribution in [2.24, 2.45) is 5.92 Å². The van der Waals surface area contributed by atoms with Gasteiger partial charge in [-0.25, -0.2) is 0 Å². The van der Waals surface area contributed by atoms with Crippen LogP contribution in [-0.4, -0.2) is 25.0 Å². The third-order valence-corrected chi connectivity index (χ3v) is 2.69. The Morgan fingerprint density at radius 3 is 2.20 bits per heavy atom. The Kier molecular flexibility index (Phi) is 7.41. The molecule has 88 valence electrons. The largest absolute Gasteiger partial charge is 0.306 e. The van der Waals surface area contributed by atoms with Crippen LogP contribution in [0.4, 0.5) is 0 Å². The van der Waals surface area contributed by atoms with Crippen LogP contribution in [0.1, 0.15) is 41.0 Å². The second-order valence-corrected chi connectivity index (χ2v) is 4.79. The van der Waals surface area contributed by atoms with E-state index in [1.165, 1.54) is 12.0 Å². The van der Waals surface area contributed by atoms with Crippen molar-refractivity contribution in [3.8, 4) is 0 Å². The van der Waals surface area contributed by atoms with E-state index >= 15 is 0 Å². The number of allylic oxidation sites excluding steroid dienone is 3. The van der Waals surface area contributed by atoms with Gasteiger partial charge in [0.15, 0.2) is 0 Å². The Labute approximate surface area is 95.9 Å². The second-order valence-electron chi connectivity index (χ2n) is 4.79. The maximum atomic E-state index is 2.36. The zero-order chi connectivity index (χ0) is 11.8. The molecule has 0 fully saturated rings. The van der Waals surface area contributed by atoms with Gasteiger partial charge in [-0.15, -0.1) is 0 Å². The minimum absolute atomic E-state index is 0.658. The predicted molar refractivity (Wildman–Crippen MR) is 70.1 cm³/mol. The molecule has 0 saturated heterocycles. The van der Waals surface area contributed by atoms with Gasteiger partial charge in [-0.1, -0.05) is 44.1 Å². The lowest BCUT2D eigenvalue weighted by molar-refractivity contribution is 0.353. The molecule has 0 aliphatic rings. The average molecular weight is 209 g/mol. The molecule has 0 saturated carbocycles. The predicted octanol–water partition coefficient (Wildman–Crippen LogP) is 3.88. The van der Waals surface area contributed by atoms with Gasteiger partial charge in [0.05, 0.1) is 0 Å². The van der Waals surface area contributed by atoms with Crippen molar-refractivity contribution >= 4 is 0 Å². The molecule has 0 aliphatic heterocycles. The fraction of sp³-hybridized carbons (Fsp3) is 0.714. The van der Waals surface area contributed by atoms with E-state index in [9.17, 15) is 0 Å². The third-order valence-electron chi connectivity index (χ3n) is 2.69. The lowest BCUT2D eigenvalue weighted by Crippen LogP contribution is -2.19. The van der Waals surface area contributed by atoms with E-state index in [0.717, 1.165) is 13.1 Å². The van der Waals surface area contributed by atoms with Crippen molar-refractivity contribution in [1.29, 1.82) is 0 Å². The van der Waals surface area contributed by atoms with Crippen molar-refractivity contribution in [3.63, 3.8) is 0 Å². The second kappa shape index (κ2) is 7.70. The number of hydrogen-bond acceptors (Lipinski definition) is 1. The molecule has 0 rings (SSSR count). The molecule has 1 heteroatoms. The van der Waals surface area contributed by atoms with Crippen molar-refractivity contribution in [1.82, 2.24) is 4.90 Å². The minimum atomic E-state index is 0.658. The Balaban J connectivity index is 4.29. The van der Waals surface area contributed by atoms with Gasteiger partial charge in [-0.05, 0) is 39.8 Å². The standard InChI is InChI=1S/C14H27N/c1-7-15(6)11-10-14(13(4)5)9-8-12(2)3/h8-9,13H,7,10-11H2,1-6H3/b14-9-. The van der Waals surface area contributed by atoms with Crippen LogP contribution in [0, 0.1) is 5.92 Å². The molecule has 0 aromatic rings. The maximum absolute atomic E-state index is 2.36. The van der Waals surface area contributed by atoms with E-state index in [2.05, 4.69) is 58.7 Å². The molecule has 0 unspecified atom stereocenters. The first-order valence-corrected chi connectivity index (χ1v) is 5.99. The van der Waals surface area contributed by atoms with Gasteiger partial charge in [0.25, 0.3) is 0 Å². The van der Waals surface area contributed by atoms with Crippen LogP contribution in [0.3, 0.4) is 0 Å². The van der Waals surface area contributed by atoms with E-state index in [-0.39, 0.29) is 0 Å². The molecular formula is C14H27N. The summed E-state index contributed by atoms with van der Waals surface area (Å²) in [6.07, 6.45) is 5.70. The van der Waals surface area contributed by atoms with E-state index in [1.807, 2.05) is 0 Å². The summed E-state index contributed by atoms with van der Waals surface area (Å²) < 4.78 is 0. The van der Waals surface area contributed by atoms with Gasteiger partial charge < -0.3 is 4.90 Å². The van der Waals surface area contributed by atoms with Crippen molar-refractivity contribution in [2.45, 2.75) is 41.0 Å². The molecule has 0 aromatic carbocycles. The fourth-order valence-corrected chi connectivity index (χ4v) is 1.32. The van der Waals surface area contributed by atoms with Gasteiger partial charge in [0, 0.05) is 6.54 Å². The van der Waals surface area contributed by atoms with Crippen LogP contribution in [0.15, 0.2) is 23.3 Å². The normalized spacial score (nSPS) is 12.4. The summed E-state index contributed by atoms with van der Waals surface area (Å²) in [5.74, 6) is 0.658. The number of nitrogens with zero attached hydrogens (tertiary/aromatic N) is 1. The summed E-state index contributed by atoms with van der Waals surface area (Å²) in [5.41, 5.74) is 2.92. The molecule has 0 atom stereocenters. The first-order valence-electron chi connectivity index (χ1n) is 5.99. The highest BCUT2D eigenvalue weighted by Gasteiger charge is 2.03. The fourth-order valence-electron chi connectivity index (χ4n) is 1.32. The van der Waals surface area contributed by atoms with Gasteiger partial charge in [-0.2, -0.15) is 0 Å². The number of hydrogen-bond donors (Lipinski definition) is 0. The first kappa shape index (κ1) is 14.4. The Hall–Kier alpha value is -0.560. The van der Waals surface area contributed by atoms with Crippen LogP contribution in [0.25, 0.3) is 0 Å². The highest BCUT2D eigenvalue weighted by atomic mass is 15.1. The molecule has 0 bridgehead atoms. The number of rotatable bonds is 6. The van der Waals surface area contributed by atoms with Crippen LogP contribution in [-0.2, 0) is 0 Å². The molecule has 0 aliphatic carbocycles. The quantitative estimate of drug-likeness (QED) is 0.600. The van der Waals surface area contributed by atoms with Gasteiger partial charge in [0.2, 0.25) is 0 Å². The summed E-state index contributed by atoms with van der Waals surface area (Å²) in [5, 5.41) is 0. The molecule has 0 radical (unpaired) electrons. The lowest BCUT2D eigenvalue weighted by Gasteiger charge is -2.17. The van der Waals surface area contributed by atoms with Crippen molar-refractivity contribution in [3.05, 3.63) is 23.3 Å². The van der Waals surface area contributed by atoms with Crippen LogP contribution >= 0.6 is 0 Å². The van der Waals surface area contributed by atoms with Crippen molar-refractivity contribution in [2.75, 3.05) is 20.1 Å². The summed E-state index contributed by atoms with van der Waals surface area (Å²) in [6.45, 7) is 13.3. The van der Waals surface area contributed by atoms with Gasteiger partial charge in [-0.3, -0.25) is 0 Å². The Morgan fingerprint density at radius 1 is 1.20 bits per heavy atom. The molecule has 0 N–H and O–H groups in total. The zero-order valence-corrected chi connectivity index (χ0v) is 11.3. The van der Waals surface area contributed by atoms with E-state index in [4.69, 9.17) is 0 Å². The summed E-state index contributed by atoms with van der Waals surface area (Å²) in [7, 11) is 2.18. The molecule has 0 spiro atoms. The Bertz CT molecular complexity index is 219. The summed E-state index contributed by atoms with van der Waals surface area (Å²) in [6, 6.07) is 0. The van der Waals surface area contributed by atoms with E-state index in [1.54, 1.807) is 5.57 Å². The summed E-state index contributed by atoms with van der Waals surface area (Å²) in [4.78, 5) is 2.36. The smallest absolute Gasteiger partial charge is 0.00156 e. The minimum Gasteiger partial charge on any atom is -0.306 e. The summed E-state index contributed by atoms with van der Waals surface area (Å²) >= 11 is 0. The Morgan fingerprint density at radius 2 is 1.80 bits per heavy atom. The van der Waals surface area contributed by atoms with Crippen molar-refractivity contribution < 1.29 is 0 Å². The molecule has 0 aromatic heterocycles. The highest BCUT2D eigenvalue weighted by molar-refractivity contribution is 5.17. The molecule has 0 amide bonds. The van der Waals surface area contributed by atoms with Crippen LogP contribution in [0.5, 0.6) is 0 Å². The van der Waals surface area contributed by atoms with E-state index in [0.29, 0.717) is 5.92 Å². The highest BCUT2D eigenvalue weighted by Crippen LogP contribution is 2.14. The van der Waals surface area contributed by atoms with Crippen LogP contribution in [0.2, 0.25) is 0 Å². The van der Waals surface area contributed by atoms with Gasteiger partial charge >= 0.3 is 0 Å². The topological polar surface area (TPSA) is 3.24 Å². The molecular weight excluding hydrogens is 182 g/mol. The zero-order valence-electron chi connectivity index (χ0n) is 11.3. The first-order chi connectivity index (χ1) is 6.97. The SMILES string of the molecule is CCN(C)CC/C(=C/C=C(C)C)C(C)C. The molecule has 1 nitrogen and oxygen atoms in total. The lowest BCUT2D eigenvalue weighted by atomic mass is 9.99. The third kappa shape index (κ3) is 7.38. The van der Waals surface area contributed by atoms with E-state index < -0.39 is 0 Å². The van der Waals surface area contributed by atoms with Gasteiger partial charge in [0.1, 0.15) is 0 Å².